The van der Waals surface area contributed by atoms with Crippen LogP contribution >= 0.6 is 0 Å². The fraction of sp³-hybridized carbons (Fsp3) is 0.960. The highest BCUT2D eigenvalue weighted by molar-refractivity contribution is 7.80. The molecule has 0 aromatic heterocycles. The fourth-order valence-corrected chi connectivity index (χ4v) is 4.03. The summed E-state index contributed by atoms with van der Waals surface area (Å²) >= 11 is 0. The summed E-state index contributed by atoms with van der Waals surface area (Å²) in [5.74, 6) is -0.388. The van der Waals surface area contributed by atoms with E-state index in [2.05, 4.69) is 11.1 Å². The molecule has 1 aliphatic heterocycles. The van der Waals surface area contributed by atoms with E-state index < -0.39 is 41.4 Å². The van der Waals surface area contributed by atoms with Gasteiger partial charge in [0, 0.05) is 6.42 Å². The van der Waals surface area contributed by atoms with Crippen LogP contribution in [-0.2, 0) is 28.9 Å². The molecule has 0 aromatic carbocycles. The van der Waals surface area contributed by atoms with Gasteiger partial charge in [-0.05, 0) is 6.42 Å². The Morgan fingerprint density at radius 3 is 1.64 bits per heavy atom. The molecule has 10 nitrogen and oxygen atoms in total. The van der Waals surface area contributed by atoms with E-state index in [0.717, 1.165) is 26.4 Å². The van der Waals surface area contributed by atoms with E-state index in [4.69, 9.17) is 14.0 Å². The number of ether oxygens (including phenoxy) is 2. The molecule has 1 fully saturated rings. The number of unbranched alkanes of at least 4 members (excludes halogenated alkanes) is 14. The van der Waals surface area contributed by atoms with E-state index in [1.807, 2.05) is 0 Å². The zero-order valence-corrected chi connectivity index (χ0v) is 23.0. The Morgan fingerprint density at radius 2 is 1.31 bits per heavy atom. The summed E-state index contributed by atoms with van der Waals surface area (Å²) in [6.07, 6.45) is 15.4. The second kappa shape index (κ2) is 22.2. The Balaban J connectivity index is 0.00000181. The van der Waals surface area contributed by atoms with E-state index in [-0.39, 0.29) is 12.6 Å². The molecular weight excluding hydrogens is 492 g/mol. The predicted molar refractivity (Wildman–Crippen MR) is 137 cm³/mol. The smallest absolute Gasteiger partial charge is 0.397 e. The van der Waals surface area contributed by atoms with Crippen molar-refractivity contribution in [1.29, 1.82) is 0 Å². The Morgan fingerprint density at radius 1 is 0.889 bits per heavy atom. The predicted octanol–water partition coefficient (Wildman–Crippen LogP) is 3.71. The summed E-state index contributed by atoms with van der Waals surface area (Å²) < 4.78 is 40.2. The largest absolute Gasteiger partial charge is 0.457 e. The molecule has 0 saturated carbocycles. The summed E-state index contributed by atoms with van der Waals surface area (Å²) in [6, 6.07) is 0. The third kappa shape index (κ3) is 19.3. The number of aliphatic hydroxyl groups is 3. The summed E-state index contributed by atoms with van der Waals surface area (Å²) in [7, 11) is -3.29. The Labute approximate surface area is 217 Å². The number of esters is 1. The average molecular weight is 543 g/mol. The van der Waals surface area contributed by atoms with Gasteiger partial charge in [0.15, 0.2) is 6.10 Å². The van der Waals surface area contributed by atoms with Crippen molar-refractivity contribution in [2.75, 3.05) is 20.3 Å². The number of hydrogen-bond acceptors (Lipinski definition) is 9. The number of hydrogen-bond donors (Lipinski definition) is 4. The first-order valence-electron chi connectivity index (χ1n) is 13.5. The molecule has 0 spiro atoms. The van der Waals surface area contributed by atoms with Crippen molar-refractivity contribution in [3.63, 3.8) is 0 Å². The number of rotatable bonds is 20. The summed E-state index contributed by atoms with van der Waals surface area (Å²) in [5.41, 5.74) is 0. The first-order chi connectivity index (χ1) is 17.2. The van der Waals surface area contributed by atoms with Crippen molar-refractivity contribution in [2.45, 2.75) is 134 Å². The zero-order valence-electron chi connectivity index (χ0n) is 22.2. The van der Waals surface area contributed by atoms with Gasteiger partial charge in [0.1, 0.15) is 18.3 Å². The van der Waals surface area contributed by atoms with Crippen molar-refractivity contribution < 1.29 is 46.7 Å². The molecule has 1 saturated heterocycles. The topological polar surface area (TPSA) is 160 Å². The minimum Gasteiger partial charge on any atom is -0.457 e. The van der Waals surface area contributed by atoms with Gasteiger partial charge in [-0.3, -0.25) is 13.5 Å². The van der Waals surface area contributed by atoms with Gasteiger partial charge in [-0.1, -0.05) is 96.8 Å². The molecule has 0 aromatic rings. The number of carbonyl (C=O) groups is 1. The molecule has 36 heavy (non-hydrogen) atoms. The van der Waals surface area contributed by atoms with Crippen molar-refractivity contribution in [3.05, 3.63) is 0 Å². The maximum absolute atomic E-state index is 12.0. The minimum absolute atomic E-state index is 0.0149. The summed E-state index contributed by atoms with van der Waals surface area (Å²) in [6.45, 7) is 1.81. The Bertz CT molecular complexity index is 628. The van der Waals surface area contributed by atoms with Gasteiger partial charge in [0.25, 0.3) is 0 Å². The van der Waals surface area contributed by atoms with Crippen molar-refractivity contribution in [3.8, 4) is 0 Å². The molecule has 216 valence electrons. The lowest BCUT2D eigenvalue weighted by atomic mass is 10.0. The van der Waals surface area contributed by atoms with E-state index in [9.17, 15) is 28.5 Å². The monoisotopic (exact) mass is 542 g/mol. The molecule has 1 aliphatic rings. The quantitative estimate of drug-likeness (QED) is 0.101. The minimum atomic E-state index is -4.16. The average Bonchev–Trinajstić information content (AvgIpc) is 3.17. The second-order valence-electron chi connectivity index (χ2n) is 9.36. The van der Waals surface area contributed by atoms with E-state index in [1.165, 1.54) is 77.0 Å². The number of aliphatic hydroxyl groups excluding tert-OH is 3. The van der Waals surface area contributed by atoms with E-state index in [1.54, 1.807) is 0 Å². The molecule has 0 unspecified atom stereocenters. The highest BCUT2D eigenvalue weighted by Crippen LogP contribution is 2.20. The van der Waals surface area contributed by atoms with Crippen LogP contribution in [0.1, 0.15) is 110 Å². The third-order valence-electron chi connectivity index (χ3n) is 6.21. The van der Waals surface area contributed by atoms with Crippen LogP contribution in [0, 0.1) is 0 Å². The standard InChI is InChI=1S/C24H46O6.CH4O4S/c1-2-3-4-5-6-7-8-9-10-11-12-13-14-15-16-17-22(27)30-21(18-25)24-23(28)20(26)19-29-24;1-5-6(2,3)4/h20-21,23-26,28H,2-19H2,1H3;1H3,(H,2,3,4)/t20-,21+,23+,24+;/m0./s1. The lowest BCUT2D eigenvalue weighted by Gasteiger charge is -2.24. The van der Waals surface area contributed by atoms with Crippen LogP contribution in [0.3, 0.4) is 0 Å². The second-order valence-corrected chi connectivity index (χ2v) is 10.5. The molecular formula is C25H50O10S. The molecule has 0 amide bonds. The van der Waals surface area contributed by atoms with Crippen LogP contribution in [-0.4, -0.2) is 79.0 Å². The van der Waals surface area contributed by atoms with Gasteiger partial charge in [-0.25, -0.2) is 0 Å². The SMILES string of the molecule is CCCCCCCCCCCCCCCCCC(=O)O[C@H](CO)[C@H]1OC[C@H](O)[C@H]1O.COS(=O)(=O)O. The highest BCUT2D eigenvalue weighted by atomic mass is 32.3. The van der Waals surface area contributed by atoms with E-state index in [0.29, 0.717) is 6.42 Å². The molecule has 1 rings (SSSR count). The maximum Gasteiger partial charge on any atom is 0.397 e. The molecule has 11 heteroatoms. The molecule has 0 radical (unpaired) electrons. The molecule has 4 atom stereocenters. The molecule has 0 bridgehead atoms. The molecule has 1 heterocycles. The van der Waals surface area contributed by atoms with Crippen LogP contribution in [0.5, 0.6) is 0 Å². The van der Waals surface area contributed by atoms with E-state index >= 15 is 0 Å². The first-order valence-corrected chi connectivity index (χ1v) is 14.8. The van der Waals surface area contributed by atoms with Crippen molar-refractivity contribution >= 4 is 16.4 Å². The Hall–Kier alpha value is -0.820. The number of carbonyl (C=O) groups excluding carboxylic acids is 1. The van der Waals surface area contributed by atoms with Crippen LogP contribution in [0.4, 0.5) is 0 Å². The normalized spacial score (nSPS) is 20.6. The van der Waals surface area contributed by atoms with Crippen LogP contribution in [0.15, 0.2) is 0 Å². The zero-order chi connectivity index (χ0) is 27.2. The van der Waals surface area contributed by atoms with Crippen molar-refractivity contribution in [2.24, 2.45) is 0 Å². The summed E-state index contributed by atoms with van der Waals surface area (Å²) in [5, 5.41) is 28.7. The lowest BCUT2D eigenvalue weighted by Crippen LogP contribution is -2.43. The third-order valence-corrected chi connectivity index (χ3v) is 6.64. The van der Waals surface area contributed by atoms with Crippen LogP contribution < -0.4 is 0 Å². The molecule has 0 aliphatic carbocycles. The first kappa shape index (κ1) is 35.2. The van der Waals surface area contributed by atoms with Gasteiger partial charge in [-0.2, -0.15) is 8.42 Å². The van der Waals surface area contributed by atoms with Gasteiger partial charge < -0.3 is 24.8 Å². The fourth-order valence-electron chi connectivity index (χ4n) is 4.03. The summed E-state index contributed by atoms with van der Waals surface area (Å²) in [4.78, 5) is 12.0. The Kier molecular flexibility index (Phi) is 21.7. The van der Waals surface area contributed by atoms with Crippen molar-refractivity contribution in [1.82, 2.24) is 0 Å². The lowest BCUT2D eigenvalue weighted by molar-refractivity contribution is -0.162. The van der Waals surface area contributed by atoms with Gasteiger partial charge in [-0.15, -0.1) is 0 Å². The van der Waals surface area contributed by atoms with Gasteiger partial charge in [0.2, 0.25) is 0 Å². The molecule has 4 N–H and O–H groups in total. The van der Waals surface area contributed by atoms with Gasteiger partial charge in [0.05, 0.1) is 20.3 Å². The maximum atomic E-state index is 12.0. The highest BCUT2D eigenvalue weighted by Gasteiger charge is 2.41. The van der Waals surface area contributed by atoms with Gasteiger partial charge >= 0.3 is 16.4 Å². The van der Waals surface area contributed by atoms with Crippen LogP contribution in [0.2, 0.25) is 0 Å². The van der Waals surface area contributed by atoms with Crippen LogP contribution in [0.25, 0.3) is 0 Å².